The van der Waals surface area contributed by atoms with Crippen LogP contribution >= 0.6 is 11.6 Å². The molecule has 0 unspecified atom stereocenters. The zero-order valence-electron chi connectivity index (χ0n) is 15.8. The van der Waals surface area contributed by atoms with Gasteiger partial charge in [0.05, 0.1) is 29.8 Å². The maximum Gasteiger partial charge on any atom is 0.280 e. The Labute approximate surface area is 167 Å². The van der Waals surface area contributed by atoms with Gasteiger partial charge in [0.2, 0.25) is 0 Å². The average molecular weight is 403 g/mol. The van der Waals surface area contributed by atoms with Crippen LogP contribution in [0.15, 0.2) is 39.9 Å². The summed E-state index contributed by atoms with van der Waals surface area (Å²) in [5, 5.41) is 4.19. The van der Waals surface area contributed by atoms with Gasteiger partial charge in [0.25, 0.3) is 11.1 Å². The number of ether oxygens (including phenoxy) is 1. The molecule has 1 fully saturated rings. The lowest BCUT2D eigenvalue weighted by Crippen LogP contribution is -2.37. The summed E-state index contributed by atoms with van der Waals surface area (Å²) in [6.45, 7) is 6.71. The van der Waals surface area contributed by atoms with E-state index in [0.717, 1.165) is 39.3 Å². The number of aromatic amines is 1. The van der Waals surface area contributed by atoms with Gasteiger partial charge in [-0.1, -0.05) is 11.6 Å². The number of nitrogens with one attached hydrogen (secondary N) is 1. The van der Waals surface area contributed by atoms with Crippen LogP contribution in [0.4, 0.5) is 0 Å². The van der Waals surface area contributed by atoms with E-state index in [-0.39, 0.29) is 11.1 Å². The molecule has 0 aliphatic carbocycles. The Kier molecular flexibility index (Phi) is 5.39. The number of hydrogen-bond donors (Lipinski definition) is 1. The number of halogens is 1. The predicted octanol–water partition coefficient (Wildman–Crippen LogP) is 2.16. The lowest BCUT2D eigenvalue weighted by molar-refractivity contribution is 0.0369. The highest BCUT2D eigenvalue weighted by Crippen LogP contribution is 2.16. The zero-order valence-corrected chi connectivity index (χ0v) is 16.5. The van der Waals surface area contributed by atoms with Crippen molar-refractivity contribution in [2.45, 2.75) is 19.9 Å². The second kappa shape index (κ2) is 7.95. The Balaban J connectivity index is 1.63. The van der Waals surface area contributed by atoms with Crippen LogP contribution in [-0.4, -0.2) is 52.1 Å². The quantitative estimate of drug-likeness (QED) is 0.710. The monoisotopic (exact) mass is 402 g/mol. The number of nitrogens with zero attached hydrogens (tertiary/aromatic N) is 3. The minimum absolute atomic E-state index is 0.100. The molecule has 3 aromatic rings. The molecule has 0 bridgehead atoms. The molecule has 0 amide bonds. The van der Waals surface area contributed by atoms with Crippen molar-refractivity contribution in [3.05, 3.63) is 61.8 Å². The Morgan fingerprint density at radius 1 is 1.11 bits per heavy atom. The van der Waals surface area contributed by atoms with E-state index in [4.69, 9.17) is 16.3 Å². The first kappa shape index (κ1) is 19.0. The number of benzene rings is 1. The molecule has 2 aromatic heterocycles. The molecule has 1 aromatic carbocycles. The molecule has 1 aliphatic heterocycles. The summed E-state index contributed by atoms with van der Waals surface area (Å²) < 4.78 is 8.51. The van der Waals surface area contributed by atoms with Gasteiger partial charge in [0, 0.05) is 43.0 Å². The molecule has 7 nitrogen and oxygen atoms in total. The number of H-pyrrole nitrogens is 1. The summed E-state index contributed by atoms with van der Waals surface area (Å²) in [4.78, 5) is 27.9. The number of aryl methyl sites for hydroxylation is 1. The van der Waals surface area contributed by atoms with Crippen LogP contribution in [0.1, 0.15) is 12.1 Å². The molecule has 1 saturated heterocycles. The molecule has 0 atom stereocenters. The molecule has 3 heterocycles. The minimum atomic E-state index is -0.170. The fourth-order valence-corrected chi connectivity index (χ4v) is 3.86. The highest BCUT2D eigenvalue weighted by molar-refractivity contribution is 6.30. The molecule has 1 aliphatic rings. The number of pyridine rings is 1. The molecule has 0 radical (unpaired) electrons. The van der Waals surface area contributed by atoms with E-state index in [0.29, 0.717) is 33.9 Å². The number of rotatable bonds is 5. The molecule has 148 valence electrons. The molecule has 28 heavy (non-hydrogen) atoms. The number of fused-ring (bicyclic) bond motifs is 1. The van der Waals surface area contributed by atoms with Crippen LogP contribution in [0.25, 0.3) is 16.6 Å². The number of aromatic nitrogens is 3. The minimum Gasteiger partial charge on any atom is -0.379 e. The first-order valence-electron chi connectivity index (χ1n) is 9.46. The maximum absolute atomic E-state index is 13.0. The normalized spacial score (nSPS) is 15.4. The van der Waals surface area contributed by atoms with Gasteiger partial charge in [-0.05, 0) is 37.6 Å². The molecule has 0 spiro atoms. The van der Waals surface area contributed by atoms with Gasteiger partial charge < -0.3 is 9.30 Å². The summed E-state index contributed by atoms with van der Waals surface area (Å²) in [7, 11) is 0. The van der Waals surface area contributed by atoms with Gasteiger partial charge in [-0.2, -0.15) is 0 Å². The fraction of sp³-hybridized carbons (Fsp3) is 0.400. The van der Waals surface area contributed by atoms with Gasteiger partial charge in [0.1, 0.15) is 0 Å². The van der Waals surface area contributed by atoms with Crippen LogP contribution in [0, 0.1) is 6.92 Å². The van der Waals surface area contributed by atoms with Crippen LogP contribution in [0.5, 0.6) is 0 Å². The molecule has 1 N–H and O–H groups in total. The topological polar surface area (TPSA) is 72.3 Å². The lowest BCUT2D eigenvalue weighted by Gasteiger charge is -2.26. The first-order chi connectivity index (χ1) is 13.5. The molecule has 4 rings (SSSR count). The van der Waals surface area contributed by atoms with Gasteiger partial charge in [-0.3, -0.25) is 19.6 Å². The van der Waals surface area contributed by atoms with E-state index in [1.807, 2.05) is 6.92 Å². The van der Waals surface area contributed by atoms with E-state index in [2.05, 4.69) is 10.00 Å². The summed E-state index contributed by atoms with van der Waals surface area (Å²) >= 11 is 5.94. The third kappa shape index (κ3) is 3.65. The summed E-state index contributed by atoms with van der Waals surface area (Å²) in [5.41, 5.74) is 1.65. The van der Waals surface area contributed by atoms with E-state index < -0.39 is 0 Å². The van der Waals surface area contributed by atoms with Gasteiger partial charge in [-0.15, -0.1) is 0 Å². The van der Waals surface area contributed by atoms with E-state index >= 15 is 0 Å². The Morgan fingerprint density at radius 3 is 2.54 bits per heavy atom. The molecule has 8 heteroatoms. The first-order valence-corrected chi connectivity index (χ1v) is 9.83. The Morgan fingerprint density at radius 2 is 1.82 bits per heavy atom. The second-order valence-corrected chi connectivity index (χ2v) is 7.48. The van der Waals surface area contributed by atoms with Gasteiger partial charge in [-0.25, -0.2) is 4.68 Å². The van der Waals surface area contributed by atoms with E-state index in [9.17, 15) is 9.59 Å². The number of morpholine rings is 1. The average Bonchev–Trinajstić information content (AvgIpc) is 3.02. The van der Waals surface area contributed by atoms with Crippen molar-refractivity contribution in [1.82, 2.24) is 19.2 Å². The van der Waals surface area contributed by atoms with Crippen LogP contribution < -0.4 is 11.1 Å². The third-order valence-electron chi connectivity index (χ3n) is 5.26. The van der Waals surface area contributed by atoms with Crippen molar-refractivity contribution in [3.8, 4) is 5.69 Å². The SMILES string of the molecule is Cc1c2c(=O)n(-c3ccc(Cl)cc3)[nH]c2cc(=O)n1CCCN1CCOCC1. The summed E-state index contributed by atoms with van der Waals surface area (Å²) in [6, 6.07) is 8.50. The second-order valence-electron chi connectivity index (χ2n) is 7.04. The van der Waals surface area contributed by atoms with Crippen molar-refractivity contribution in [1.29, 1.82) is 0 Å². The van der Waals surface area contributed by atoms with E-state index in [1.54, 1.807) is 28.8 Å². The van der Waals surface area contributed by atoms with Crippen molar-refractivity contribution in [3.63, 3.8) is 0 Å². The smallest absolute Gasteiger partial charge is 0.280 e. The molecular weight excluding hydrogens is 380 g/mol. The maximum atomic E-state index is 13.0. The van der Waals surface area contributed by atoms with Crippen LogP contribution in [0.3, 0.4) is 0 Å². The Hall–Kier alpha value is -2.35. The standard InChI is InChI=1S/C20H23ClN4O3/c1-14-19-17(22-25(20(19)27)16-5-3-15(21)4-6-16)13-18(26)24(14)8-2-7-23-9-11-28-12-10-23/h3-6,13,22H,2,7-12H2,1H3. The zero-order chi connectivity index (χ0) is 19.7. The van der Waals surface area contributed by atoms with Gasteiger partial charge in [0.15, 0.2) is 0 Å². The fourth-order valence-electron chi connectivity index (χ4n) is 3.74. The van der Waals surface area contributed by atoms with Gasteiger partial charge >= 0.3 is 0 Å². The summed E-state index contributed by atoms with van der Waals surface area (Å²) in [5.74, 6) is 0. The van der Waals surface area contributed by atoms with Crippen LogP contribution in [0.2, 0.25) is 5.02 Å². The molecular formula is C20H23ClN4O3. The molecule has 0 saturated carbocycles. The summed E-state index contributed by atoms with van der Waals surface area (Å²) in [6.07, 6.45) is 0.849. The highest BCUT2D eigenvalue weighted by Gasteiger charge is 2.16. The van der Waals surface area contributed by atoms with Crippen LogP contribution in [-0.2, 0) is 11.3 Å². The third-order valence-corrected chi connectivity index (χ3v) is 5.52. The Bertz CT molecular complexity index is 1090. The predicted molar refractivity (Wildman–Crippen MR) is 110 cm³/mol. The van der Waals surface area contributed by atoms with Crippen molar-refractivity contribution >= 4 is 22.5 Å². The van der Waals surface area contributed by atoms with Crippen molar-refractivity contribution in [2.24, 2.45) is 0 Å². The van der Waals surface area contributed by atoms with E-state index in [1.165, 1.54) is 10.7 Å². The largest absolute Gasteiger partial charge is 0.379 e. The lowest BCUT2D eigenvalue weighted by atomic mass is 10.2. The highest BCUT2D eigenvalue weighted by atomic mass is 35.5. The number of hydrogen-bond acceptors (Lipinski definition) is 4. The van der Waals surface area contributed by atoms with Crippen molar-refractivity contribution in [2.75, 3.05) is 32.8 Å². The van der Waals surface area contributed by atoms with Crippen molar-refractivity contribution < 1.29 is 4.74 Å².